The third-order valence-electron chi connectivity index (χ3n) is 27.1. The average Bonchev–Trinajstić information content (AvgIpc) is 1.58. The molecule has 12 aromatic rings. The Morgan fingerprint density at radius 1 is 0.470 bits per heavy atom. The maximum Gasteiger partial charge on any atom is 0.246 e. The summed E-state index contributed by atoms with van der Waals surface area (Å²) in [6.07, 6.45) is 1.78. The minimum absolute atomic E-state index is 0.0250. The predicted molar refractivity (Wildman–Crippen MR) is 577 cm³/mol. The number of aliphatic hydroxyl groups is 2. The lowest BCUT2D eigenvalue weighted by molar-refractivity contribution is -0.144. The molecule has 0 bridgehead atoms. The number of anilines is 1. The number of aryl methyl sites for hydroxylation is 7. The van der Waals surface area contributed by atoms with Gasteiger partial charge in [-0.25, -0.2) is 9.97 Å². The molecular formula is C111H129ClN18O15S4. The number of aliphatic imine (C=N–C) groups is 2. The maximum atomic E-state index is 14.6. The molecule has 2 fully saturated rings. The number of aromatic nitrogens is 8. The molecule has 6 aromatic heterocycles. The van der Waals surface area contributed by atoms with Gasteiger partial charge in [0.05, 0.1) is 94.5 Å². The van der Waals surface area contributed by atoms with Crippen LogP contribution in [0.2, 0.25) is 5.02 Å². The summed E-state index contributed by atoms with van der Waals surface area (Å²) >= 11 is 12.9. The van der Waals surface area contributed by atoms with Crippen LogP contribution in [-0.4, -0.2) is 221 Å². The summed E-state index contributed by atoms with van der Waals surface area (Å²) in [6, 6.07) is 40.7. The van der Waals surface area contributed by atoms with Crippen LogP contribution in [0.3, 0.4) is 0 Å². The first-order chi connectivity index (χ1) is 71.5. The number of benzene rings is 6. The van der Waals surface area contributed by atoms with Gasteiger partial charge in [-0.3, -0.25) is 57.5 Å². The van der Waals surface area contributed by atoms with Crippen molar-refractivity contribution in [3.8, 4) is 42.4 Å². The zero-order valence-electron chi connectivity index (χ0n) is 86.3. The summed E-state index contributed by atoms with van der Waals surface area (Å²) in [5.41, 5.74) is 17.6. The number of halogens is 1. The van der Waals surface area contributed by atoms with Crippen LogP contribution in [0, 0.1) is 59.3 Å². The van der Waals surface area contributed by atoms with Crippen molar-refractivity contribution >= 4 is 121 Å². The van der Waals surface area contributed by atoms with Gasteiger partial charge in [-0.1, -0.05) is 150 Å². The van der Waals surface area contributed by atoms with Gasteiger partial charge in [-0.05, 0) is 179 Å². The van der Waals surface area contributed by atoms with Gasteiger partial charge in [-0.2, -0.15) is 0 Å². The van der Waals surface area contributed by atoms with Crippen LogP contribution >= 0.6 is 56.9 Å². The molecule has 784 valence electrons. The Hall–Kier alpha value is -13.0. The minimum Gasteiger partial charge on any atom is -0.494 e. The van der Waals surface area contributed by atoms with Crippen molar-refractivity contribution in [1.82, 2.24) is 75.9 Å². The van der Waals surface area contributed by atoms with E-state index >= 15 is 0 Å². The molecular weight excluding hydrogens is 1990 g/mol. The quantitative estimate of drug-likeness (QED) is 0.0165. The van der Waals surface area contributed by atoms with Crippen LogP contribution in [0.1, 0.15) is 218 Å². The molecule has 6 aromatic carbocycles. The van der Waals surface area contributed by atoms with Gasteiger partial charge in [0.2, 0.25) is 47.3 Å². The number of carbonyl (C=O) groups is 8. The molecule has 2 saturated heterocycles. The van der Waals surface area contributed by atoms with Crippen LogP contribution < -0.4 is 41.4 Å². The SMILES string of the molecule is Cc1ncsc1-c1ccc(CNC(=O)[C@@H]2C[C@@H](O)CN2C(=O)[C@@H](NC(=O)COCCCOCCCOc2ccc(NC(=O)C[C@@H]3N=C(c4ccc(CCCc5nnc6n5-c5sc(C)c(C)c5C(c5ccc(Cl)cc5)=N[C@H]6CC(=O)N[C@H](C)c5ccc(OCCCOCC(=O)N[C@H](C(=O)N6C[C@H](O)C[C@H]6C(=O)NCc6ccc(-c7scnc7C)cc6)C(C)(C)C)cc5)cc4)c4c(sc(C)c4C)-n4c(C)nnc43)cc2)C(C)(C)C)cc1. The third kappa shape index (κ3) is 26.7. The molecule has 16 rings (SSSR count). The summed E-state index contributed by atoms with van der Waals surface area (Å²) in [7, 11) is 0. The number of thiophene rings is 2. The number of rotatable bonds is 43. The molecule has 8 amide bonds. The normalized spacial score (nSPS) is 17.0. The first kappa shape index (κ1) is 109. The molecule has 33 nitrogen and oxygen atoms in total. The highest BCUT2D eigenvalue weighted by atomic mass is 35.5. The second-order valence-electron chi connectivity index (χ2n) is 40.4. The van der Waals surface area contributed by atoms with Crippen molar-refractivity contribution in [2.45, 2.75) is 229 Å². The second-order valence-corrected chi connectivity index (χ2v) is 45.0. The highest BCUT2D eigenvalue weighted by molar-refractivity contribution is 7.15. The van der Waals surface area contributed by atoms with Crippen LogP contribution in [0.15, 0.2) is 167 Å². The van der Waals surface area contributed by atoms with Gasteiger partial charge in [0.25, 0.3) is 0 Å². The molecule has 10 heterocycles. The topological polar surface area (TPSA) is 414 Å². The number of aliphatic hydroxyl groups excluding tert-OH is 2. The van der Waals surface area contributed by atoms with E-state index < -0.39 is 94.9 Å². The fourth-order valence-electron chi connectivity index (χ4n) is 18.8. The minimum atomic E-state index is -1.02. The van der Waals surface area contributed by atoms with E-state index in [0.29, 0.717) is 98.0 Å². The summed E-state index contributed by atoms with van der Waals surface area (Å²) in [5.74, 6) is 0.547. The number of amides is 8. The number of β-amino-alcohol motifs (C(OH)–C–C–N with tert-alkyl or cyclic N) is 2. The lowest BCUT2D eigenvalue weighted by atomic mass is 9.85. The molecule has 4 aliphatic rings. The van der Waals surface area contributed by atoms with E-state index in [1.807, 2.05) is 182 Å². The smallest absolute Gasteiger partial charge is 0.246 e. The molecule has 0 saturated carbocycles. The van der Waals surface area contributed by atoms with Gasteiger partial charge in [0, 0.05) is 121 Å². The molecule has 0 spiro atoms. The van der Waals surface area contributed by atoms with Crippen molar-refractivity contribution in [3.63, 3.8) is 0 Å². The highest BCUT2D eigenvalue weighted by Gasteiger charge is 2.47. The zero-order chi connectivity index (χ0) is 106. The third-order valence-corrected chi connectivity index (χ3v) is 31.7. The maximum absolute atomic E-state index is 14.6. The number of likely N-dealkylation sites (tertiary alicyclic amines) is 2. The summed E-state index contributed by atoms with van der Waals surface area (Å²) < 4.78 is 33.6. The van der Waals surface area contributed by atoms with E-state index in [2.05, 4.69) is 109 Å². The Bertz CT molecular complexity index is 6840. The van der Waals surface area contributed by atoms with Crippen molar-refractivity contribution in [3.05, 3.63) is 262 Å². The molecule has 38 heteroatoms. The van der Waals surface area contributed by atoms with E-state index in [1.54, 1.807) is 69.6 Å². The van der Waals surface area contributed by atoms with E-state index in [-0.39, 0.29) is 103 Å². The van der Waals surface area contributed by atoms with Crippen molar-refractivity contribution in [2.24, 2.45) is 20.8 Å². The number of carbonyl (C=O) groups excluding carboxylic acids is 8. The van der Waals surface area contributed by atoms with Crippen LogP contribution in [-0.2, 0) is 78.5 Å². The number of ether oxygens (including phenoxy) is 5. The zero-order valence-corrected chi connectivity index (χ0v) is 90.4. The van der Waals surface area contributed by atoms with Gasteiger partial charge < -0.3 is 75.6 Å². The predicted octanol–water partition coefficient (Wildman–Crippen LogP) is 15.9. The lowest BCUT2D eigenvalue weighted by Crippen LogP contribution is -2.58. The Morgan fingerprint density at radius 2 is 0.899 bits per heavy atom. The van der Waals surface area contributed by atoms with Crippen LogP contribution in [0.25, 0.3) is 30.9 Å². The molecule has 9 atom stereocenters. The Labute approximate surface area is 888 Å². The summed E-state index contributed by atoms with van der Waals surface area (Å²) in [4.78, 5) is 138. The van der Waals surface area contributed by atoms with Gasteiger partial charge in [0.1, 0.15) is 82.6 Å². The average molecular weight is 2120 g/mol. The van der Waals surface area contributed by atoms with Crippen molar-refractivity contribution < 1.29 is 72.3 Å². The monoisotopic (exact) mass is 2120 g/mol. The van der Waals surface area contributed by atoms with Crippen LogP contribution in [0.4, 0.5) is 5.69 Å². The number of nitrogens with one attached hydrogen (secondary N) is 6. The number of nitrogens with zero attached hydrogens (tertiary/aromatic N) is 12. The van der Waals surface area contributed by atoms with Crippen molar-refractivity contribution in [1.29, 1.82) is 0 Å². The standard InChI is InChI=1S/C111H129ClN18O15S4/c1-63-68(6)148-108-94(63)96(119-85(102-125-123-70(8)129(102)108)54-91(134)118-80-39-43-84(44-40-80)145-49-17-46-141-45-16-47-142-59-92(135)121-100(110(9,10)11)106(139)127-57-81(131)51-87(127)104(137)113-55-72-23-29-77(30-24-72)98-66(4)115-61-146-98)75-27-21-71(22-28-75)19-15-20-89-124-126-103-86(120-97(76-33-37-79(112)38-34-76)95-64(2)69(7)149-109(95)130(89)103)53-90(133)117-65(3)74-35-41-83(42-36-74)144-50-18-48-143-60-93(136)122-101(111(12,13)14)107(140)128-58-82(132)52-88(128)105(138)114-56-73-25-31-78(32-26-73)99-67(5)116-62-147-99/h21-44,61-62,65,81-82,85-88,100-101,131-132H,15-20,45-60H2,1-14H3,(H,113,137)(H,114,138)(H,117,133)(H,118,134)(H,121,135)(H,122,136)/t65-,81-,82-,85+,86+,87+,88+,100-,101-/m1/s1. The van der Waals surface area contributed by atoms with E-state index in [4.69, 9.17) is 55.5 Å². The first-order valence-corrected chi connectivity index (χ1v) is 54.2. The summed E-state index contributed by atoms with van der Waals surface area (Å²) in [6.45, 7) is 28.8. The van der Waals surface area contributed by atoms with E-state index in [1.165, 1.54) is 9.80 Å². The van der Waals surface area contributed by atoms with E-state index in [9.17, 15) is 48.6 Å². The van der Waals surface area contributed by atoms with E-state index in [0.717, 1.165) is 125 Å². The van der Waals surface area contributed by atoms with Crippen LogP contribution in [0.5, 0.6) is 11.5 Å². The fourth-order valence-corrected chi connectivity index (χ4v) is 23.0. The Morgan fingerprint density at radius 3 is 1.38 bits per heavy atom. The fraction of sp³-hybridized carbons (Fsp3) is 0.423. The number of hydrogen-bond donors (Lipinski definition) is 8. The van der Waals surface area contributed by atoms with Gasteiger partial charge >= 0.3 is 0 Å². The Kier molecular flexibility index (Phi) is 35.6. The van der Waals surface area contributed by atoms with Crippen molar-refractivity contribution in [2.75, 3.05) is 71.3 Å². The number of thiazole rings is 2. The second kappa shape index (κ2) is 48.8. The summed E-state index contributed by atoms with van der Waals surface area (Å²) in [5, 5.41) is 60.8. The largest absolute Gasteiger partial charge is 0.494 e. The van der Waals surface area contributed by atoms with Gasteiger partial charge in [0.15, 0.2) is 11.6 Å². The number of fused-ring (bicyclic) bond motifs is 6. The lowest BCUT2D eigenvalue weighted by Gasteiger charge is -2.35. The molecule has 0 unspecified atom stereocenters. The van der Waals surface area contributed by atoms with Gasteiger partial charge in [-0.15, -0.1) is 65.7 Å². The number of hydrogen-bond acceptors (Lipinski definition) is 27. The molecule has 0 radical (unpaired) electrons. The Balaban J connectivity index is 0.479. The molecule has 4 aliphatic heterocycles. The first-order valence-electron chi connectivity index (χ1n) is 50.4. The molecule has 0 aliphatic carbocycles. The molecule has 8 N–H and O–H groups in total. The molecule has 149 heavy (non-hydrogen) atoms. The highest BCUT2D eigenvalue weighted by Crippen LogP contribution is 2.44.